The Kier molecular flexibility index (Phi) is 4.29. The predicted molar refractivity (Wildman–Crippen MR) is 43.7 cm³/mol. The maximum absolute atomic E-state index is 10.4. The van der Waals surface area contributed by atoms with Gasteiger partial charge in [-0.05, 0) is 12.3 Å². The summed E-state index contributed by atoms with van der Waals surface area (Å²) in [5, 5.41) is 0. The van der Waals surface area contributed by atoms with Crippen LogP contribution in [0.15, 0.2) is 0 Å². The van der Waals surface area contributed by atoms with Crippen molar-refractivity contribution in [3.8, 4) is 0 Å². The molecule has 0 spiro atoms. The van der Waals surface area contributed by atoms with Crippen molar-refractivity contribution in [3.63, 3.8) is 0 Å². The predicted octanol–water partition coefficient (Wildman–Crippen LogP) is 1.99. The van der Waals surface area contributed by atoms with Gasteiger partial charge in [0.25, 0.3) is 0 Å². The summed E-state index contributed by atoms with van der Waals surface area (Å²) in [4.78, 5) is 0. The summed E-state index contributed by atoms with van der Waals surface area (Å²) in [7, 11) is 1.75. The maximum atomic E-state index is 10.4. The largest absolute Gasteiger partial charge is 0.232 e. The minimum Gasteiger partial charge on any atom is -0.212 e. The lowest BCUT2D eigenvalue weighted by atomic mass is 10.1. The van der Waals surface area contributed by atoms with Crippen LogP contribution in [0, 0.1) is 5.92 Å². The lowest BCUT2D eigenvalue weighted by Crippen LogP contribution is -2.02. The summed E-state index contributed by atoms with van der Waals surface area (Å²) in [5.74, 6) is 0.553. The molecule has 0 amide bonds. The number of rotatable bonds is 4. The average molecular weight is 185 g/mol. The number of hydrogen-bond acceptors (Lipinski definition) is 2. The van der Waals surface area contributed by atoms with E-state index in [2.05, 4.69) is 0 Å². The van der Waals surface area contributed by atoms with Crippen LogP contribution in [0.5, 0.6) is 0 Å². The van der Waals surface area contributed by atoms with Gasteiger partial charge in [-0.2, -0.15) is 0 Å². The van der Waals surface area contributed by atoms with Crippen LogP contribution in [0.4, 0.5) is 0 Å². The Morgan fingerprint density at radius 1 is 1.50 bits per heavy atom. The van der Waals surface area contributed by atoms with Crippen LogP contribution in [-0.2, 0) is 9.05 Å². The van der Waals surface area contributed by atoms with Crippen molar-refractivity contribution in [1.82, 2.24) is 0 Å². The van der Waals surface area contributed by atoms with Gasteiger partial charge in [0.2, 0.25) is 9.05 Å². The normalized spacial score (nSPS) is 15.1. The highest BCUT2D eigenvalue weighted by atomic mass is 35.7. The van der Waals surface area contributed by atoms with Crippen LogP contribution in [0.3, 0.4) is 0 Å². The Hall–Kier alpha value is 0.240. The minimum atomic E-state index is -3.26. The van der Waals surface area contributed by atoms with E-state index < -0.39 is 9.05 Å². The topological polar surface area (TPSA) is 34.1 Å². The summed E-state index contributed by atoms with van der Waals surface area (Å²) in [6, 6.07) is 0. The highest BCUT2D eigenvalue weighted by Crippen LogP contribution is 2.09. The fourth-order valence-electron chi connectivity index (χ4n) is 0.546. The van der Waals surface area contributed by atoms with Gasteiger partial charge in [-0.15, -0.1) is 0 Å². The Balaban J connectivity index is 3.56. The Morgan fingerprint density at radius 3 is 2.30 bits per heavy atom. The standard InChI is InChI=1S/C6H13ClO2S/c1-3-6(2)4-5-10(7,8)9/h6H,3-5H2,1-2H3/t6-/m0/s1. The molecule has 62 valence electrons. The third kappa shape index (κ3) is 6.36. The van der Waals surface area contributed by atoms with E-state index in [1.807, 2.05) is 13.8 Å². The Morgan fingerprint density at radius 2 is 2.00 bits per heavy atom. The second-order valence-corrected chi connectivity index (χ2v) is 5.44. The van der Waals surface area contributed by atoms with Crippen molar-refractivity contribution >= 4 is 19.7 Å². The molecule has 4 heteroatoms. The van der Waals surface area contributed by atoms with Crippen LogP contribution in [0.2, 0.25) is 0 Å². The SMILES string of the molecule is CC[C@H](C)CCS(=O)(=O)Cl. The van der Waals surface area contributed by atoms with E-state index in [4.69, 9.17) is 10.7 Å². The highest BCUT2D eigenvalue weighted by molar-refractivity contribution is 8.13. The van der Waals surface area contributed by atoms with Gasteiger partial charge in [0.05, 0.1) is 5.75 Å². The van der Waals surface area contributed by atoms with Crippen LogP contribution >= 0.6 is 10.7 Å². The van der Waals surface area contributed by atoms with Gasteiger partial charge in [0.1, 0.15) is 0 Å². The van der Waals surface area contributed by atoms with Gasteiger partial charge >= 0.3 is 0 Å². The van der Waals surface area contributed by atoms with Gasteiger partial charge in [0, 0.05) is 10.7 Å². The minimum absolute atomic E-state index is 0.101. The van der Waals surface area contributed by atoms with Crippen LogP contribution < -0.4 is 0 Å². The molecule has 2 nitrogen and oxygen atoms in total. The van der Waals surface area contributed by atoms with Crippen LogP contribution in [-0.4, -0.2) is 14.2 Å². The van der Waals surface area contributed by atoms with Gasteiger partial charge < -0.3 is 0 Å². The average Bonchev–Trinajstić information content (AvgIpc) is 1.81. The summed E-state index contributed by atoms with van der Waals surface area (Å²) in [6.45, 7) is 4.05. The number of hydrogen-bond donors (Lipinski definition) is 0. The van der Waals surface area contributed by atoms with Crippen LogP contribution in [0.25, 0.3) is 0 Å². The first kappa shape index (κ1) is 10.2. The molecule has 0 aromatic rings. The van der Waals surface area contributed by atoms with Crippen molar-refractivity contribution in [3.05, 3.63) is 0 Å². The first-order valence-corrected chi connectivity index (χ1v) is 5.86. The summed E-state index contributed by atoms with van der Waals surface area (Å²) in [5.41, 5.74) is 0. The molecule has 1 atom stereocenters. The number of halogens is 1. The van der Waals surface area contributed by atoms with Gasteiger partial charge in [-0.3, -0.25) is 0 Å². The Bertz CT molecular complexity index is 174. The Labute approximate surface area is 67.0 Å². The van der Waals surface area contributed by atoms with E-state index >= 15 is 0 Å². The van der Waals surface area contributed by atoms with E-state index in [1.54, 1.807) is 0 Å². The smallest absolute Gasteiger partial charge is 0.212 e. The van der Waals surface area contributed by atoms with E-state index in [0.29, 0.717) is 12.3 Å². The molecule has 0 aromatic heterocycles. The quantitative estimate of drug-likeness (QED) is 0.627. The zero-order chi connectivity index (χ0) is 8.20. The molecule has 0 saturated heterocycles. The van der Waals surface area contributed by atoms with Gasteiger partial charge in [-0.25, -0.2) is 8.42 Å². The van der Waals surface area contributed by atoms with Gasteiger partial charge in [0.15, 0.2) is 0 Å². The molecule has 0 aliphatic heterocycles. The fraction of sp³-hybridized carbons (Fsp3) is 1.00. The van der Waals surface area contributed by atoms with Crippen molar-refractivity contribution in [2.75, 3.05) is 5.75 Å². The van der Waals surface area contributed by atoms with Crippen molar-refractivity contribution in [2.24, 2.45) is 5.92 Å². The lowest BCUT2D eigenvalue weighted by molar-refractivity contribution is 0.536. The summed E-state index contributed by atoms with van der Waals surface area (Å²) >= 11 is 0. The third-order valence-corrected chi connectivity index (χ3v) is 2.74. The molecule has 0 saturated carbocycles. The van der Waals surface area contributed by atoms with Gasteiger partial charge in [-0.1, -0.05) is 20.3 Å². The first-order valence-electron chi connectivity index (χ1n) is 3.38. The molecule has 0 aliphatic rings. The van der Waals surface area contributed by atoms with Crippen LogP contribution in [0.1, 0.15) is 26.7 Å². The third-order valence-electron chi connectivity index (χ3n) is 1.55. The molecule has 0 fully saturated rings. The molecule has 0 aliphatic carbocycles. The zero-order valence-corrected chi connectivity index (χ0v) is 7.87. The molecule has 0 aromatic carbocycles. The molecule has 0 bridgehead atoms. The first-order chi connectivity index (χ1) is 4.45. The molecular formula is C6H13ClO2S. The van der Waals surface area contributed by atoms with Crippen molar-refractivity contribution in [2.45, 2.75) is 26.7 Å². The summed E-state index contributed by atoms with van der Waals surface area (Å²) in [6.07, 6.45) is 1.68. The second kappa shape index (κ2) is 4.19. The molecule has 0 rings (SSSR count). The monoisotopic (exact) mass is 184 g/mol. The maximum Gasteiger partial charge on any atom is 0.232 e. The zero-order valence-electron chi connectivity index (χ0n) is 6.30. The molecular weight excluding hydrogens is 172 g/mol. The molecule has 0 unspecified atom stereocenters. The fourth-order valence-corrected chi connectivity index (χ4v) is 1.50. The molecule has 0 N–H and O–H groups in total. The van der Waals surface area contributed by atoms with E-state index in [9.17, 15) is 8.42 Å². The molecule has 10 heavy (non-hydrogen) atoms. The second-order valence-electron chi connectivity index (χ2n) is 2.55. The van der Waals surface area contributed by atoms with Crippen molar-refractivity contribution in [1.29, 1.82) is 0 Å². The highest BCUT2D eigenvalue weighted by Gasteiger charge is 2.07. The summed E-state index contributed by atoms with van der Waals surface area (Å²) < 4.78 is 20.8. The van der Waals surface area contributed by atoms with E-state index in [-0.39, 0.29) is 5.75 Å². The van der Waals surface area contributed by atoms with E-state index in [0.717, 1.165) is 6.42 Å². The van der Waals surface area contributed by atoms with E-state index in [1.165, 1.54) is 0 Å². The van der Waals surface area contributed by atoms with Crippen molar-refractivity contribution < 1.29 is 8.42 Å². The molecule has 0 heterocycles. The molecule has 0 radical (unpaired) electrons. The lowest BCUT2D eigenvalue weighted by Gasteiger charge is -2.04.